The third-order valence-electron chi connectivity index (χ3n) is 10.6. The van der Waals surface area contributed by atoms with Gasteiger partial charge < -0.3 is 9.52 Å². The molecule has 51 heavy (non-hydrogen) atoms. The van der Waals surface area contributed by atoms with Crippen molar-refractivity contribution in [2.24, 2.45) is 16.7 Å². The molecule has 0 unspecified atom stereocenters. The van der Waals surface area contributed by atoms with Crippen molar-refractivity contribution in [1.82, 2.24) is 9.97 Å². The number of benzene rings is 2. The van der Waals surface area contributed by atoms with Crippen LogP contribution in [-0.4, -0.2) is 20.9 Å². The summed E-state index contributed by atoms with van der Waals surface area (Å²) in [5.41, 5.74) is 5.19. The zero-order valence-corrected chi connectivity index (χ0v) is 34.9. The van der Waals surface area contributed by atoms with Gasteiger partial charge in [0.2, 0.25) is 5.71 Å². The maximum atomic E-state index is 12.2. The number of aliphatic hydroxyl groups is 1. The molecule has 0 aliphatic carbocycles. The molecule has 3 heterocycles. The second kappa shape index (κ2) is 17.3. The Labute approximate surface area is 319 Å². The smallest absolute Gasteiger partial charge is 0.226 e. The van der Waals surface area contributed by atoms with Gasteiger partial charge in [-0.1, -0.05) is 111 Å². The summed E-state index contributed by atoms with van der Waals surface area (Å²) in [7, 11) is 0. The monoisotopic (exact) mass is 866 g/mol. The van der Waals surface area contributed by atoms with Crippen molar-refractivity contribution >= 4 is 27.7 Å². The SMILES string of the molecule is CC(C)Cc1cc2ccc(-c3ccnc(-c4[c-]c5ccccc5c(C(C)(C)C)c4)c3)nc2o1.CCC(C)(CC)C(=O)/C=C(\O)C(C)(CC)CC.[Ir]. The molecule has 2 aromatic carbocycles. The third kappa shape index (κ3) is 9.84. The quantitative estimate of drug-likeness (QED) is 0.0813. The molecule has 6 heteroatoms. The van der Waals surface area contributed by atoms with Crippen LogP contribution in [0.4, 0.5) is 0 Å². The topological polar surface area (TPSA) is 76.2 Å². The number of fused-ring (bicyclic) bond motifs is 2. The average molecular weight is 866 g/mol. The summed E-state index contributed by atoms with van der Waals surface area (Å²) in [6, 6.07) is 24.6. The summed E-state index contributed by atoms with van der Waals surface area (Å²) >= 11 is 0. The van der Waals surface area contributed by atoms with E-state index in [1.165, 1.54) is 17.0 Å². The van der Waals surface area contributed by atoms with E-state index in [4.69, 9.17) is 9.40 Å². The Morgan fingerprint density at radius 3 is 2.12 bits per heavy atom. The zero-order valence-electron chi connectivity index (χ0n) is 32.5. The first kappa shape index (κ1) is 41.8. The number of aliphatic hydroxyl groups excluding tert-OH is 1. The molecule has 0 amide bonds. The Morgan fingerprint density at radius 2 is 1.51 bits per heavy atom. The van der Waals surface area contributed by atoms with Gasteiger partial charge in [0.25, 0.3) is 0 Å². The van der Waals surface area contributed by atoms with Crippen LogP contribution in [0.3, 0.4) is 0 Å². The third-order valence-corrected chi connectivity index (χ3v) is 10.6. The van der Waals surface area contributed by atoms with Crippen molar-refractivity contribution in [3.8, 4) is 22.5 Å². The summed E-state index contributed by atoms with van der Waals surface area (Å²) in [6.45, 7) is 23.2. The van der Waals surface area contributed by atoms with Crippen molar-refractivity contribution < 1.29 is 34.4 Å². The molecule has 0 atom stereocenters. The normalized spacial score (nSPS) is 12.5. The molecule has 1 N–H and O–H groups in total. The first-order chi connectivity index (χ1) is 23.6. The predicted octanol–water partition coefficient (Wildman–Crippen LogP) is 12.7. The number of furan rings is 1. The van der Waals surface area contributed by atoms with Crippen LogP contribution in [-0.2, 0) is 36.7 Å². The fourth-order valence-electron chi connectivity index (χ4n) is 6.04. The van der Waals surface area contributed by atoms with Crippen LogP contribution >= 0.6 is 0 Å². The zero-order chi connectivity index (χ0) is 36.9. The van der Waals surface area contributed by atoms with E-state index < -0.39 is 0 Å². The standard InChI is InChI=1S/C30H29N2O.C15H28O2.Ir/c1-19(2)14-24-16-22-10-11-27(32-29(22)33-24)21-12-13-31-28(18-21)23-15-20-8-6-7-9-25(20)26(17-23)30(3,4)5;1-7-14(5,8-2)12(16)11-13(17)15(6,9-3)10-4;/h6-13,16-19H,14H2,1-5H3;11,16H,7-10H2,1-6H3;/q-1;;/b;12-11-;. The molecule has 275 valence electrons. The van der Waals surface area contributed by atoms with Crippen LogP contribution < -0.4 is 0 Å². The second-order valence-electron chi connectivity index (χ2n) is 15.7. The number of pyridine rings is 2. The van der Waals surface area contributed by atoms with Gasteiger partial charge in [0.15, 0.2) is 5.78 Å². The summed E-state index contributed by atoms with van der Waals surface area (Å²) in [5, 5.41) is 13.5. The Morgan fingerprint density at radius 1 is 0.863 bits per heavy atom. The number of carbonyl (C=O) groups excluding carboxylic acids is 1. The predicted molar refractivity (Wildman–Crippen MR) is 209 cm³/mol. The number of hydrogen-bond acceptors (Lipinski definition) is 5. The van der Waals surface area contributed by atoms with E-state index in [1.54, 1.807) is 0 Å². The molecular formula is C45H57IrN2O3-. The van der Waals surface area contributed by atoms with E-state index in [0.29, 0.717) is 11.6 Å². The number of hydrogen-bond donors (Lipinski definition) is 1. The molecular weight excluding hydrogens is 809 g/mol. The summed E-state index contributed by atoms with van der Waals surface area (Å²) in [5.74, 6) is 1.82. The number of aromatic nitrogens is 2. The summed E-state index contributed by atoms with van der Waals surface area (Å²) < 4.78 is 6.02. The molecule has 3 aromatic heterocycles. The Kier molecular flexibility index (Phi) is 14.2. The van der Waals surface area contributed by atoms with Gasteiger partial charge in [0.1, 0.15) is 11.5 Å². The molecule has 0 fully saturated rings. The summed E-state index contributed by atoms with van der Waals surface area (Å²) in [6.07, 6.45) is 7.52. The molecule has 5 rings (SSSR count). The Hall–Kier alpha value is -3.60. The van der Waals surface area contributed by atoms with Gasteiger partial charge in [-0.2, -0.15) is 0 Å². The number of rotatable bonds is 11. The van der Waals surface area contributed by atoms with Crippen molar-refractivity contribution in [3.05, 3.63) is 96.1 Å². The molecule has 0 saturated carbocycles. The maximum absolute atomic E-state index is 12.2. The number of ketones is 1. The van der Waals surface area contributed by atoms with Crippen LogP contribution in [0.2, 0.25) is 0 Å². The number of nitrogens with zero attached hydrogens (tertiary/aromatic N) is 2. The van der Waals surface area contributed by atoms with E-state index in [9.17, 15) is 9.90 Å². The minimum absolute atomic E-state index is 0. The Bertz CT molecular complexity index is 1960. The van der Waals surface area contributed by atoms with Crippen molar-refractivity contribution in [1.29, 1.82) is 0 Å². The first-order valence-electron chi connectivity index (χ1n) is 18.3. The van der Waals surface area contributed by atoms with Gasteiger partial charge in [-0.3, -0.25) is 9.78 Å². The van der Waals surface area contributed by atoms with Crippen molar-refractivity contribution in [3.63, 3.8) is 0 Å². The molecule has 1 radical (unpaired) electrons. The van der Waals surface area contributed by atoms with Crippen LogP contribution in [0.5, 0.6) is 0 Å². The molecule has 0 aliphatic heterocycles. The molecule has 0 saturated heterocycles. The number of allylic oxidation sites excluding steroid dienone is 2. The minimum atomic E-state index is -0.337. The van der Waals surface area contributed by atoms with Crippen LogP contribution in [0.25, 0.3) is 44.4 Å². The van der Waals surface area contributed by atoms with Crippen LogP contribution in [0, 0.1) is 22.8 Å². The largest absolute Gasteiger partial charge is 0.512 e. The van der Waals surface area contributed by atoms with Crippen molar-refractivity contribution in [2.75, 3.05) is 0 Å². The van der Waals surface area contributed by atoms with Gasteiger partial charge in [-0.15, -0.1) is 29.1 Å². The number of carbonyl (C=O) groups is 1. The fourth-order valence-corrected chi connectivity index (χ4v) is 6.04. The van der Waals surface area contributed by atoms with Gasteiger partial charge in [0.05, 0.1) is 5.69 Å². The maximum Gasteiger partial charge on any atom is 0.226 e. The van der Waals surface area contributed by atoms with E-state index in [1.807, 2.05) is 53.8 Å². The van der Waals surface area contributed by atoms with Gasteiger partial charge >= 0.3 is 0 Å². The second-order valence-corrected chi connectivity index (χ2v) is 15.7. The molecule has 0 aliphatic rings. The molecule has 0 bridgehead atoms. The molecule has 0 spiro atoms. The van der Waals surface area contributed by atoms with E-state index >= 15 is 0 Å². The van der Waals surface area contributed by atoms with E-state index in [2.05, 4.69) is 100 Å². The first-order valence-corrected chi connectivity index (χ1v) is 18.3. The van der Waals surface area contributed by atoms with Gasteiger partial charge in [-0.05, 0) is 66.8 Å². The van der Waals surface area contributed by atoms with Crippen LogP contribution in [0.15, 0.2) is 83.1 Å². The average Bonchev–Trinajstić information content (AvgIpc) is 3.51. The molecule has 5 nitrogen and oxygen atoms in total. The van der Waals surface area contributed by atoms with Gasteiger partial charge in [0, 0.05) is 60.7 Å². The van der Waals surface area contributed by atoms with Crippen LogP contribution in [0.1, 0.15) is 113 Å². The summed E-state index contributed by atoms with van der Waals surface area (Å²) in [4.78, 5) is 21.7. The van der Waals surface area contributed by atoms with E-state index in [0.717, 1.165) is 71.2 Å². The van der Waals surface area contributed by atoms with Gasteiger partial charge in [-0.25, -0.2) is 4.98 Å². The fraction of sp³-hybridized carbons (Fsp3) is 0.444. The molecule has 5 aromatic rings. The van der Waals surface area contributed by atoms with Crippen molar-refractivity contribution in [2.45, 2.75) is 114 Å². The Balaban J connectivity index is 0.000000335. The minimum Gasteiger partial charge on any atom is -0.512 e. The van der Waals surface area contributed by atoms with E-state index in [-0.39, 0.29) is 47.9 Å².